The molecule has 0 heterocycles. The van der Waals surface area contributed by atoms with E-state index in [1.54, 1.807) is 0 Å². The first-order chi connectivity index (χ1) is 11.8. The molecule has 15 heteroatoms. The van der Waals surface area contributed by atoms with Crippen molar-refractivity contribution in [2.24, 2.45) is 0 Å². The fourth-order valence-corrected chi connectivity index (χ4v) is 1.32. The van der Waals surface area contributed by atoms with E-state index in [0.29, 0.717) is 0 Å². The maximum atomic E-state index is 9.98. The number of hydrogen-bond donors (Lipinski definition) is 10. The number of carbonyl (C=O) groups excluding carboxylic acids is 2. The molecule has 0 rings (SSSR count). The Kier molecular flexibility index (Phi) is 17.1. The third-order valence-corrected chi connectivity index (χ3v) is 2.99. The van der Waals surface area contributed by atoms with Gasteiger partial charge in [0.1, 0.15) is 48.8 Å². The van der Waals surface area contributed by atoms with Crippen LogP contribution in [0.2, 0.25) is 0 Å². The molecule has 0 saturated heterocycles. The van der Waals surface area contributed by atoms with Crippen molar-refractivity contribution in [3.63, 3.8) is 0 Å². The Morgan fingerprint density at radius 3 is 0.963 bits per heavy atom. The molecule has 27 heavy (non-hydrogen) atoms. The zero-order valence-electron chi connectivity index (χ0n) is 13.5. The summed E-state index contributed by atoms with van der Waals surface area (Å²) in [6.45, 7) is -1.73. The maximum absolute atomic E-state index is 9.98. The van der Waals surface area contributed by atoms with Crippen molar-refractivity contribution < 1.29 is 87.9 Å². The van der Waals surface area contributed by atoms with Crippen LogP contribution in [0.15, 0.2) is 0 Å². The Labute approximate surface area is 162 Å². The van der Waals surface area contributed by atoms with Crippen molar-refractivity contribution in [1.82, 2.24) is 0 Å². The Morgan fingerprint density at radius 2 is 0.815 bits per heavy atom. The largest absolute Gasteiger partial charge is 0.547 e. The molecule has 0 aromatic carbocycles. The Hall–Kier alpha value is -0.941. The first-order valence-electron chi connectivity index (χ1n) is 6.91. The number of aliphatic hydroxyl groups excluding tert-OH is 10. The van der Waals surface area contributed by atoms with E-state index in [-0.39, 0.29) is 17.1 Å². The van der Waals surface area contributed by atoms with E-state index in [1.807, 2.05) is 0 Å². The van der Waals surface area contributed by atoms with Crippen LogP contribution in [0.1, 0.15) is 0 Å². The van der Waals surface area contributed by atoms with Crippen LogP contribution in [0.5, 0.6) is 0 Å². The predicted octanol–water partition coefficient (Wildman–Crippen LogP) is -9.66. The molecule has 0 aromatic rings. The molecule has 0 aromatic heterocycles. The predicted molar refractivity (Wildman–Crippen MR) is 72.2 cm³/mol. The molecule has 8 unspecified atom stereocenters. The second-order valence-electron chi connectivity index (χ2n) is 4.99. The van der Waals surface area contributed by atoms with Gasteiger partial charge in [-0.25, -0.2) is 0 Å². The van der Waals surface area contributed by atoms with Crippen LogP contribution in [-0.2, 0) is 26.7 Å². The van der Waals surface area contributed by atoms with Gasteiger partial charge in [-0.05, 0) is 0 Å². The van der Waals surface area contributed by atoms with E-state index in [9.17, 15) is 19.8 Å². The van der Waals surface area contributed by atoms with E-state index in [4.69, 9.17) is 51.1 Å². The van der Waals surface area contributed by atoms with Gasteiger partial charge in [-0.15, -0.1) is 0 Å². The standard InChI is InChI=1S/2C6H12O7.Fe/c2*7-1-2(8)3(9)4(10)5(11)6(12)13;/h2*2-5,7-11H,1H2,(H,12,13);/p-2. The molecule has 0 fully saturated rings. The molecule has 0 bridgehead atoms. The maximum Gasteiger partial charge on any atom is 0.122 e. The quantitative estimate of drug-likeness (QED) is 0.140. The number of rotatable bonds is 10. The molecule has 0 spiro atoms. The van der Waals surface area contributed by atoms with Gasteiger partial charge in [0.25, 0.3) is 0 Å². The van der Waals surface area contributed by atoms with Gasteiger partial charge in [-0.3, -0.25) is 0 Å². The molecule has 8 atom stereocenters. The van der Waals surface area contributed by atoms with E-state index in [0.717, 1.165) is 0 Å². The van der Waals surface area contributed by atoms with Crippen LogP contribution in [0, 0.1) is 0 Å². The van der Waals surface area contributed by atoms with Crippen LogP contribution in [0.4, 0.5) is 0 Å². The summed E-state index contributed by atoms with van der Waals surface area (Å²) in [5, 5.41) is 107. The smallest absolute Gasteiger partial charge is 0.122 e. The molecule has 164 valence electrons. The topological polar surface area (TPSA) is 283 Å². The molecule has 14 nitrogen and oxygen atoms in total. The average Bonchev–Trinajstić information content (AvgIpc) is 2.62. The van der Waals surface area contributed by atoms with Gasteiger partial charge in [0.15, 0.2) is 0 Å². The summed E-state index contributed by atoms with van der Waals surface area (Å²) in [5.74, 6) is -3.95. The van der Waals surface area contributed by atoms with Gasteiger partial charge < -0.3 is 70.9 Å². The van der Waals surface area contributed by atoms with Crippen LogP contribution in [0.25, 0.3) is 0 Å². The Balaban J connectivity index is -0.000000411. The molecular weight excluding hydrogens is 424 g/mol. The summed E-state index contributed by atoms with van der Waals surface area (Å²) < 4.78 is 0. The van der Waals surface area contributed by atoms with Crippen LogP contribution in [-0.4, -0.2) is 125 Å². The Bertz CT molecular complexity index is 385. The molecular formula is C12H22FeO14-2. The summed E-state index contributed by atoms with van der Waals surface area (Å²) in [6.07, 6.45) is -16.2. The van der Waals surface area contributed by atoms with Crippen LogP contribution < -0.4 is 10.2 Å². The minimum Gasteiger partial charge on any atom is -0.547 e. The van der Waals surface area contributed by atoms with E-state index in [2.05, 4.69) is 0 Å². The van der Waals surface area contributed by atoms with Crippen molar-refractivity contribution in [2.45, 2.75) is 48.8 Å². The van der Waals surface area contributed by atoms with E-state index < -0.39 is 74.0 Å². The summed E-state index contributed by atoms with van der Waals surface area (Å²) in [5.41, 5.74) is 0. The average molecular weight is 446 g/mol. The third kappa shape index (κ3) is 10.8. The van der Waals surface area contributed by atoms with Gasteiger partial charge in [0.05, 0.1) is 25.2 Å². The molecule has 10 N–H and O–H groups in total. The number of carbonyl (C=O) groups is 2. The van der Waals surface area contributed by atoms with Crippen molar-refractivity contribution in [3.05, 3.63) is 0 Å². The van der Waals surface area contributed by atoms with Gasteiger partial charge in [-0.1, -0.05) is 0 Å². The second-order valence-corrected chi connectivity index (χ2v) is 4.99. The van der Waals surface area contributed by atoms with Crippen LogP contribution in [0.3, 0.4) is 0 Å². The first kappa shape index (κ1) is 30.8. The number of aliphatic hydroxyl groups is 10. The molecule has 0 saturated carbocycles. The summed E-state index contributed by atoms with van der Waals surface area (Å²) >= 11 is 0. The molecule has 0 aliphatic heterocycles. The number of aliphatic carboxylic acids is 2. The summed E-state index contributed by atoms with van der Waals surface area (Å²) in [7, 11) is 0. The monoisotopic (exact) mass is 446 g/mol. The summed E-state index contributed by atoms with van der Waals surface area (Å²) in [4.78, 5) is 20.0. The Morgan fingerprint density at radius 1 is 0.593 bits per heavy atom. The van der Waals surface area contributed by atoms with Crippen molar-refractivity contribution in [1.29, 1.82) is 0 Å². The van der Waals surface area contributed by atoms with Gasteiger partial charge in [-0.2, -0.15) is 0 Å². The minimum absolute atomic E-state index is 0. The molecule has 0 amide bonds. The third-order valence-electron chi connectivity index (χ3n) is 2.99. The van der Waals surface area contributed by atoms with Gasteiger partial charge >= 0.3 is 0 Å². The number of carboxylic acid groups (broad SMARTS) is 2. The zero-order valence-corrected chi connectivity index (χ0v) is 14.6. The fourth-order valence-electron chi connectivity index (χ4n) is 1.32. The van der Waals surface area contributed by atoms with E-state index in [1.165, 1.54) is 0 Å². The first-order valence-corrected chi connectivity index (χ1v) is 6.91. The second kappa shape index (κ2) is 15.0. The fraction of sp³-hybridized carbons (Fsp3) is 0.833. The minimum atomic E-state index is -2.31. The van der Waals surface area contributed by atoms with Crippen molar-refractivity contribution >= 4 is 11.9 Å². The van der Waals surface area contributed by atoms with Crippen LogP contribution >= 0.6 is 0 Å². The van der Waals surface area contributed by atoms with Gasteiger partial charge in [0.2, 0.25) is 0 Å². The van der Waals surface area contributed by atoms with Crippen molar-refractivity contribution in [3.8, 4) is 0 Å². The number of hydrogen-bond acceptors (Lipinski definition) is 14. The van der Waals surface area contributed by atoms with Gasteiger partial charge in [0, 0.05) is 17.1 Å². The molecule has 0 aliphatic carbocycles. The zero-order chi connectivity index (χ0) is 21.2. The number of carboxylic acids is 2. The molecule has 0 aliphatic rings. The molecule has 0 radical (unpaired) electrons. The summed E-state index contributed by atoms with van der Waals surface area (Å²) in [6, 6.07) is 0. The normalized spacial score (nSPS) is 19.6. The SMILES string of the molecule is O=C([O-])C(O)C(O)C(O)C(O)CO.O=C([O-])C(O)C(O)C(O)C(O)CO.[Fe]. The van der Waals surface area contributed by atoms with E-state index >= 15 is 0 Å². The van der Waals surface area contributed by atoms with Crippen molar-refractivity contribution in [2.75, 3.05) is 13.2 Å².